The van der Waals surface area contributed by atoms with Crippen molar-refractivity contribution in [2.75, 3.05) is 11.9 Å². The van der Waals surface area contributed by atoms with Crippen molar-refractivity contribution >= 4 is 34.9 Å². The van der Waals surface area contributed by atoms with Gasteiger partial charge in [0.05, 0.1) is 12.2 Å². The van der Waals surface area contributed by atoms with Gasteiger partial charge in [-0.2, -0.15) is 0 Å². The van der Waals surface area contributed by atoms with Crippen LogP contribution < -0.4 is 10.6 Å². The van der Waals surface area contributed by atoms with E-state index >= 15 is 0 Å². The lowest BCUT2D eigenvalue weighted by Crippen LogP contribution is -2.36. The third-order valence-electron chi connectivity index (χ3n) is 2.42. The van der Waals surface area contributed by atoms with Crippen LogP contribution in [0.25, 0.3) is 0 Å². The van der Waals surface area contributed by atoms with Gasteiger partial charge < -0.3 is 15.4 Å². The van der Waals surface area contributed by atoms with E-state index < -0.39 is 0 Å². The molecular formula is C14H18N2O3S. The maximum Gasteiger partial charge on any atom is 0.338 e. The summed E-state index contributed by atoms with van der Waals surface area (Å²) in [5, 5.41) is 5.68. The van der Waals surface area contributed by atoms with E-state index in [0.717, 1.165) is 0 Å². The van der Waals surface area contributed by atoms with E-state index in [-0.39, 0.29) is 22.9 Å². The van der Waals surface area contributed by atoms with Crippen molar-refractivity contribution in [2.24, 2.45) is 5.92 Å². The van der Waals surface area contributed by atoms with Gasteiger partial charge in [-0.1, -0.05) is 13.8 Å². The van der Waals surface area contributed by atoms with Crippen LogP contribution in [0.5, 0.6) is 0 Å². The van der Waals surface area contributed by atoms with Crippen molar-refractivity contribution in [1.29, 1.82) is 0 Å². The van der Waals surface area contributed by atoms with Crippen molar-refractivity contribution < 1.29 is 14.3 Å². The van der Waals surface area contributed by atoms with Crippen LogP contribution in [0.2, 0.25) is 0 Å². The summed E-state index contributed by atoms with van der Waals surface area (Å²) in [6, 6.07) is 6.65. The number of rotatable bonds is 4. The lowest BCUT2D eigenvalue weighted by atomic mass is 10.2. The molecule has 5 nitrogen and oxygen atoms in total. The molecule has 1 aromatic rings. The van der Waals surface area contributed by atoms with E-state index in [2.05, 4.69) is 10.6 Å². The van der Waals surface area contributed by atoms with Crippen LogP contribution in [0, 0.1) is 5.92 Å². The Morgan fingerprint density at radius 3 is 2.35 bits per heavy atom. The van der Waals surface area contributed by atoms with E-state index in [4.69, 9.17) is 17.0 Å². The highest BCUT2D eigenvalue weighted by atomic mass is 32.1. The highest BCUT2D eigenvalue weighted by molar-refractivity contribution is 7.80. The van der Waals surface area contributed by atoms with Crippen LogP contribution in [0.1, 0.15) is 31.1 Å². The number of ether oxygens (including phenoxy) is 1. The summed E-state index contributed by atoms with van der Waals surface area (Å²) in [6.07, 6.45) is 0. The number of thiocarbonyl (C=S) groups is 1. The van der Waals surface area contributed by atoms with Crippen molar-refractivity contribution in [3.05, 3.63) is 29.8 Å². The number of hydrogen-bond acceptors (Lipinski definition) is 4. The molecule has 0 heterocycles. The molecule has 6 heteroatoms. The van der Waals surface area contributed by atoms with Gasteiger partial charge in [0.25, 0.3) is 0 Å². The Balaban J connectivity index is 2.59. The Labute approximate surface area is 123 Å². The molecule has 1 aromatic carbocycles. The van der Waals surface area contributed by atoms with Gasteiger partial charge in [0.1, 0.15) is 0 Å². The third-order valence-corrected chi connectivity index (χ3v) is 2.62. The number of esters is 1. The first-order valence-corrected chi connectivity index (χ1v) is 6.74. The number of carbonyl (C=O) groups is 2. The molecule has 0 aliphatic rings. The fourth-order valence-electron chi connectivity index (χ4n) is 1.32. The second-order valence-electron chi connectivity index (χ2n) is 4.40. The first-order valence-electron chi connectivity index (χ1n) is 6.33. The van der Waals surface area contributed by atoms with E-state index in [1.54, 1.807) is 45.0 Å². The fraction of sp³-hybridized carbons (Fsp3) is 0.357. The number of hydrogen-bond donors (Lipinski definition) is 2. The predicted molar refractivity (Wildman–Crippen MR) is 81.6 cm³/mol. The van der Waals surface area contributed by atoms with Crippen LogP contribution in [-0.2, 0) is 9.53 Å². The zero-order chi connectivity index (χ0) is 15.1. The minimum absolute atomic E-state index is 0.138. The first-order chi connectivity index (χ1) is 9.43. The largest absolute Gasteiger partial charge is 0.462 e. The van der Waals surface area contributed by atoms with Crippen LogP contribution in [0.15, 0.2) is 24.3 Å². The van der Waals surface area contributed by atoms with Crippen LogP contribution >= 0.6 is 12.2 Å². The van der Waals surface area contributed by atoms with Crippen molar-refractivity contribution in [3.63, 3.8) is 0 Å². The molecule has 0 atom stereocenters. The number of amides is 1. The minimum atomic E-state index is -0.366. The molecule has 0 spiro atoms. The molecule has 0 unspecified atom stereocenters. The van der Waals surface area contributed by atoms with Gasteiger partial charge in [-0.05, 0) is 43.4 Å². The molecule has 2 N–H and O–H groups in total. The van der Waals surface area contributed by atoms with Crippen molar-refractivity contribution in [1.82, 2.24) is 5.32 Å². The molecule has 20 heavy (non-hydrogen) atoms. The molecule has 0 saturated heterocycles. The Kier molecular flexibility index (Phi) is 6.11. The maximum absolute atomic E-state index is 11.5. The molecule has 108 valence electrons. The first kappa shape index (κ1) is 16.1. The van der Waals surface area contributed by atoms with E-state index in [1.807, 2.05) is 0 Å². The molecule has 0 aliphatic heterocycles. The lowest BCUT2D eigenvalue weighted by molar-refractivity contribution is -0.122. The number of carbonyl (C=O) groups excluding carboxylic acids is 2. The number of benzene rings is 1. The topological polar surface area (TPSA) is 67.4 Å². The fourth-order valence-corrected chi connectivity index (χ4v) is 1.54. The second-order valence-corrected chi connectivity index (χ2v) is 4.80. The number of anilines is 1. The van der Waals surface area contributed by atoms with Gasteiger partial charge in [-0.3, -0.25) is 4.79 Å². The summed E-state index contributed by atoms with van der Waals surface area (Å²) < 4.78 is 4.89. The monoisotopic (exact) mass is 294 g/mol. The zero-order valence-corrected chi connectivity index (χ0v) is 12.5. The van der Waals surface area contributed by atoms with E-state index in [0.29, 0.717) is 17.9 Å². The van der Waals surface area contributed by atoms with Crippen molar-refractivity contribution in [2.45, 2.75) is 20.8 Å². The summed E-state index contributed by atoms with van der Waals surface area (Å²) in [5.41, 5.74) is 1.15. The van der Waals surface area contributed by atoms with Gasteiger partial charge in [-0.15, -0.1) is 0 Å². The minimum Gasteiger partial charge on any atom is -0.462 e. The third kappa shape index (κ3) is 4.97. The predicted octanol–water partition coefficient (Wildman–Crippen LogP) is 2.33. The smallest absolute Gasteiger partial charge is 0.338 e. The molecule has 0 saturated carbocycles. The summed E-state index contributed by atoms with van der Waals surface area (Å²) in [4.78, 5) is 22.9. The molecular weight excluding hydrogens is 276 g/mol. The Morgan fingerprint density at radius 2 is 1.85 bits per heavy atom. The average molecular weight is 294 g/mol. The van der Waals surface area contributed by atoms with E-state index in [1.165, 1.54) is 0 Å². The Bertz CT molecular complexity index is 498. The van der Waals surface area contributed by atoms with Gasteiger partial charge in [0.15, 0.2) is 5.11 Å². The summed E-state index contributed by atoms with van der Waals surface area (Å²) in [6.45, 7) is 5.66. The summed E-state index contributed by atoms with van der Waals surface area (Å²) >= 11 is 5.02. The molecule has 0 bridgehead atoms. The highest BCUT2D eigenvalue weighted by Crippen LogP contribution is 2.10. The highest BCUT2D eigenvalue weighted by Gasteiger charge is 2.09. The van der Waals surface area contributed by atoms with E-state index in [9.17, 15) is 9.59 Å². The quantitative estimate of drug-likeness (QED) is 0.659. The molecule has 0 fully saturated rings. The molecule has 0 radical (unpaired) electrons. The molecule has 1 rings (SSSR count). The Morgan fingerprint density at radius 1 is 1.25 bits per heavy atom. The standard InChI is InChI=1S/C14H18N2O3S/c1-4-19-13(18)10-5-7-11(8-6-10)15-14(20)16-12(17)9(2)3/h5-9H,4H2,1-3H3,(H2,15,16,17,20). The van der Waals surface area contributed by atoms with Gasteiger partial charge in [-0.25, -0.2) is 4.79 Å². The van der Waals surface area contributed by atoms with Gasteiger partial charge in [0.2, 0.25) is 5.91 Å². The summed E-state index contributed by atoms with van der Waals surface area (Å²) in [5.74, 6) is -0.652. The Hall–Kier alpha value is -1.95. The zero-order valence-electron chi connectivity index (χ0n) is 11.7. The van der Waals surface area contributed by atoms with Crippen LogP contribution in [0.4, 0.5) is 5.69 Å². The van der Waals surface area contributed by atoms with Crippen molar-refractivity contribution in [3.8, 4) is 0 Å². The molecule has 0 aliphatic carbocycles. The van der Waals surface area contributed by atoms with Gasteiger partial charge >= 0.3 is 5.97 Å². The SMILES string of the molecule is CCOC(=O)c1ccc(NC(=S)NC(=O)C(C)C)cc1. The molecule has 1 amide bonds. The second kappa shape index (κ2) is 7.59. The normalized spacial score (nSPS) is 10.0. The maximum atomic E-state index is 11.5. The molecule has 0 aromatic heterocycles. The number of nitrogens with one attached hydrogen (secondary N) is 2. The summed E-state index contributed by atoms with van der Waals surface area (Å²) in [7, 11) is 0. The van der Waals surface area contributed by atoms with Crippen LogP contribution in [-0.4, -0.2) is 23.6 Å². The average Bonchev–Trinajstić information content (AvgIpc) is 2.39. The lowest BCUT2D eigenvalue weighted by Gasteiger charge is -2.11. The van der Waals surface area contributed by atoms with Gasteiger partial charge in [0, 0.05) is 11.6 Å². The van der Waals surface area contributed by atoms with Crippen LogP contribution in [0.3, 0.4) is 0 Å².